The van der Waals surface area contributed by atoms with Gasteiger partial charge in [0.2, 0.25) is 0 Å². The van der Waals surface area contributed by atoms with Gasteiger partial charge in [-0.1, -0.05) is 18.2 Å². The van der Waals surface area contributed by atoms with Crippen molar-refractivity contribution >= 4 is 17.0 Å². The summed E-state index contributed by atoms with van der Waals surface area (Å²) in [7, 11) is 0. The van der Waals surface area contributed by atoms with Gasteiger partial charge in [-0.15, -0.1) is 0 Å². The molecule has 2 amide bonds. The number of carbonyl (C=O) groups is 1. The van der Waals surface area contributed by atoms with Gasteiger partial charge in [0.1, 0.15) is 23.2 Å². The predicted octanol–water partition coefficient (Wildman–Crippen LogP) is 3.51. The summed E-state index contributed by atoms with van der Waals surface area (Å²) in [5.41, 5.74) is 0.818. The highest BCUT2D eigenvalue weighted by atomic mass is 16.4. The Kier molecular flexibility index (Phi) is 4.19. The molecular formula is C19H20N2O4. The van der Waals surface area contributed by atoms with Crippen LogP contribution >= 0.6 is 0 Å². The molecule has 0 spiro atoms. The van der Waals surface area contributed by atoms with Gasteiger partial charge in [-0.05, 0) is 43.0 Å². The maximum Gasteiger partial charge on any atom is 0.315 e. The van der Waals surface area contributed by atoms with E-state index < -0.39 is 6.10 Å². The minimum Gasteiger partial charge on any atom is -0.467 e. The van der Waals surface area contributed by atoms with Gasteiger partial charge < -0.3 is 24.6 Å². The van der Waals surface area contributed by atoms with Gasteiger partial charge in [-0.2, -0.15) is 0 Å². The second-order valence-corrected chi connectivity index (χ2v) is 6.39. The number of rotatable bonds is 6. The number of para-hydroxylation sites is 1. The summed E-state index contributed by atoms with van der Waals surface area (Å²) < 4.78 is 11.0. The van der Waals surface area contributed by atoms with E-state index >= 15 is 0 Å². The molecule has 1 aromatic carbocycles. The van der Waals surface area contributed by atoms with Crippen molar-refractivity contribution in [1.29, 1.82) is 0 Å². The summed E-state index contributed by atoms with van der Waals surface area (Å²) in [4.78, 5) is 12.2. The molecule has 0 saturated heterocycles. The van der Waals surface area contributed by atoms with Crippen LogP contribution in [0.4, 0.5) is 4.79 Å². The monoisotopic (exact) mass is 340 g/mol. The molecule has 4 rings (SSSR count). The molecule has 3 N–H and O–H groups in total. The van der Waals surface area contributed by atoms with Gasteiger partial charge in [0.15, 0.2) is 0 Å². The quantitative estimate of drug-likeness (QED) is 0.641. The zero-order chi connectivity index (χ0) is 17.2. The summed E-state index contributed by atoms with van der Waals surface area (Å²) in [6.45, 7) is 0.0802. The molecule has 1 fully saturated rings. The number of hydrogen-bond donors (Lipinski definition) is 3. The molecule has 2 heterocycles. The van der Waals surface area contributed by atoms with Crippen molar-refractivity contribution in [3.05, 3.63) is 60.2 Å². The molecule has 2 aromatic heterocycles. The van der Waals surface area contributed by atoms with Crippen LogP contribution in [0.25, 0.3) is 11.0 Å². The number of carbonyl (C=O) groups excluding carboxylic acids is 1. The van der Waals surface area contributed by atoms with Gasteiger partial charge >= 0.3 is 6.03 Å². The van der Waals surface area contributed by atoms with E-state index in [0.717, 1.165) is 29.6 Å². The Labute approximate surface area is 144 Å². The Balaban J connectivity index is 1.40. The van der Waals surface area contributed by atoms with E-state index in [-0.39, 0.29) is 18.6 Å². The van der Waals surface area contributed by atoms with Crippen LogP contribution in [0.1, 0.15) is 36.5 Å². The lowest BCUT2D eigenvalue weighted by atomic mass is 10.1. The standard InChI is InChI=1S/C19H20N2O4/c22-14(16-6-3-9-24-16)11-20-19(23)21-18(12-7-8-12)17-10-13-4-1-2-5-15(13)25-17/h1-6,9-10,12,14,18,22H,7-8,11H2,(H2,20,21,23). The SMILES string of the molecule is O=C(NCC(O)c1ccco1)NC(c1cc2ccccc2o1)C1CC1. The molecular weight excluding hydrogens is 320 g/mol. The van der Waals surface area contributed by atoms with E-state index in [1.807, 2.05) is 30.3 Å². The molecule has 25 heavy (non-hydrogen) atoms. The molecule has 6 heteroatoms. The van der Waals surface area contributed by atoms with Crippen molar-refractivity contribution in [2.75, 3.05) is 6.54 Å². The maximum absolute atomic E-state index is 12.2. The number of benzene rings is 1. The van der Waals surface area contributed by atoms with Crippen molar-refractivity contribution in [2.24, 2.45) is 5.92 Å². The van der Waals surface area contributed by atoms with Crippen LogP contribution in [0.3, 0.4) is 0 Å². The van der Waals surface area contributed by atoms with Crippen LogP contribution in [0.2, 0.25) is 0 Å². The molecule has 0 aliphatic heterocycles. The third kappa shape index (κ3) is 3.53. The van der Waals surface area contributed by atoms with Crippen molar-refractivity contribution in [3.63, 3.8) is 0 Å². The molecule has 0 radical (unpaired) electrons. The van der Waals surface area contributed by atoms with Crippen molar-refractivity contribution in [1.82, 2.24) is 10.6 Å². The number of urea groups is 1. The van der Waals surface area contributed by atoms with Crippen molar-refractivity contribution < 1.29 is 18.7 Å². The Bertz CT molecular complexity index is 818. The Morgan fingerprint density at radius 2 is 2.04 bits per heavy atom. The molecule has 1 aliphatic rings. The first-order valence-corrected chi connectivity index (χ1v) is 8.45. The Morgan fingerprint density at radius 1 is 1.20 bits per heavy atom. The number of amides is 2. The minimum absolute atomic E-state index is 0.0802. The molecule has 0 bridgehead atoms. The van der Waals surface area contributed by atoms with E-state index in [9.17, 15) is 9.90 Å². The smallest absolute Gasteiger partial charge is 0.315 e. The molecule has 1 aliphatic carbocycles. The lowest BCUT2D eigenvalue weighted by Gasteiger charge is -2.17. The molecule has 1 saturated carbocycles. The fourth-order valence-electron chi connectivity index (χ4n) is 2.97. The number of nitrogens with one attached hydrogen (secondary N) is 2. The fraction of sp³-hybridized carbons (Fsp3) is 0.316. The highest BCUT2D eigenvalue weighted by Crippen LogP contribution is 2.42. The molecule has 3 aromatic rings. The highest BCUT2D eigenvalue weighted by Gasteiger charge is 2.35. The minimum atomic E-state index is -0.869. The zero-order valence-corrected chi connectivity index (χ0v) is 13.6. The maximum atomic E-state index is 12.2. The van der Waals surface area contributed by atoms with Crippen LogP contribution in [0.5, 0.6) is 0 Å². The summed E-state index contributed by atoms with van der Waals surface area (Å²) in [5, 5.41) is 16.7. The first kappa shape index (κ1) is 15.8. The van der Waals surface area contributed by atoms with E-state index in [2.05, 4.69) is 10.6 Å². The van der Waals surface area contributed by atoms with Gasteiger partial charge in [0.05, 0.1) is 18.8 Å². The van der Waals surface area contributed by atoms with Crippen molar-refractivity contribution in [2.45, 2.75) is 25.0 Å². The summed E-state index contributed by atoms with van der Waals surface area (Å²) in [6, 6.07) is 12.7. The lowest BCUT2D eigenvalue weighted by molar-refractivity contribution is 0.147. The van der Waals surface area contributed by atoms with Crippen LogP contribution in [0.15, 0.2) is 57.6 Å². The van der Waals surface area contributed by atoms with Crippen molar-refractivity contribution in [3.8, 4) is 0 Å². The molecule has 2 unspecified atom stereocenters. The van der Waals surface area contributed by atoms with Gasteiger partial charge in [0, 0.05) is 5.39 Å². The van der Waals surface area contributed by atoms with E-state index in [0.29, 0.717) is 11.7 Å². The Hall–Kier alpha value is -2.73. The van der Waals surface area contributed by atoms with Gasteiger partial charge in [-0.3, -0.25) is 0 Å². The first-order chi connectivity index (χ1) is 12.2. The second kappa shape index (κ2) is 6.64. The number of hydrogen-bond acceptors (Lipinski definition) is 4. The third-order valence-electron chi connectivity index (χ3n) is 4.46. The lowest BCUT2D eigenvalue weighted by Crippen LogP contribution is -2.40. The highest BCUT2D eigenvalue weighted by molar-refractivity contribution is 5.78. The van der Waals surface area contributed by atoms with Crippen LogP contribution < -0.4 is 10.6 Å². The summed E-state index contributed by atoms with van der Waals surface area (Å²) in [6.07, 6.45) is 2.75. The van der Waals surface area contributed by atoms with E-state index in [1.165, 1.54) is 6.26 Å². The normalized spacial score (nSPS) is 16.5. The molecule has 6 nitrogen and oxygen atoms in total. The largest absolute Gasteiger partial charge is 0.467 e. The predicted molar refractivity (Wildman–Crippen MR) is 91.9 cm³/mol. The van der Waals surface area contributed by atoms with Crippen LogP contribution in [-0.2, 0) is 0 Å². The van der Waals surface area contributed by atoms with Gasteiger partial charge in [-0.25, -0.2) is 4.79 Å². The topological polar surface area (TPSA) is 87.6 Å². The molecule has 2 atom stereocenters. The summed E-state index contributed by atoms with van der Waals surface area (Å²) in [5.74, 6) is 1.59. The third-order valence-corrected chi connectivity index (χ3v) is 4.46. The fourth-order valence-corrected chi connectivity index (χ4v) is 2.97. The van der Waals surface area contributed by atoms with Crippen LogP contribution in [-0.4, -0.2) is 17.7 Å². The number of aliphatic hydroxyl groups is 1. The van der Waals surface area contributed by atoms with E-state index in [4.69, 9.17) is 8.83 Å². The molecule has 130 valence electrons. The number of furan rings is 2. The Morgan fingerprint density at radius 3 is 2.76 bits per heavy atom. The zero-order valence-electron chi connectivity index (χ0n) is 13.6. The number of fused-ring (bicyclic) bond motifs is 1. The second-order valence-electron chi connectivity index (χ2n) is 6.39. The average Bonchev–Trinajstić information content (AvgIpc) is 3.14. The average molecular weight is 340 g/mol. The summed E-state index contributed by atoms with van der Waals surface area (Å²) >= 11 is 0. The van der Waals surface area contributed by atoms with Gasteiger partial charge in [0.25, 0.3) is 0 Å². The van der Waals surface area contributed by atoms with Crippen LogP contribution in [0, 0.1) is 5.92 Å². The first-order valence-electron chi connectivity index (χ1n) is 8.45. The number of aliphatic hydroxyl groups excluding tert-OH is 1. The van der Waals surface area contributed by atoms with E-state index in [1.54, 1.807) is 12.1 Å².